The van der Waals surface area contributed by atoms with E-state index in [4.69, 9.17) is 26.4 Å². The molecule has 10 heteroatoms. The van der Waals surface area contributed by atoms with Crippen molar-refractivity contribution in [1.82, 2.24) is 16.1 Å². The number of amides is 1. The van der Waals surface area contributed by atoms with Gasteiger partial charge in [0.25, 0.3) is 5.91 Å². The van der Waals surface area contributed by atoms with Gasteiger partial charge in [-0.2, -0.15) is 5.10 Å². The van der Waals surface area contributed by atoms with Crippen LogP contribution in [0, 0.1) is 0 Å². The summed E-state index contributed by atoms with van der Waals surface area (Å²) in [4.78, 5) is 25.5. The summed E-state index contributed by atoms with van der Waals surface area (Å²) in [5.74, 6) is 0.242. The average molecular weight is 649 g/mol. The Kier molecular flexibility index (Phi) is 11.0. The molecule has 0 spiro atoms. The molecule has 0 saturated carbocycles. The number of thiocarbonyl (C=S) groups is 1. The van der Waals surface area contributed by atoms with Crippen molar-refractivity contribution in [2.24, 2.45) is 5.10 Å². The molecule has 1 heterocycles. The SMILES string of the molecule is C=CCc1cc(C=NNC(=O)COc2ccccc2[C@H]2NC(=S)NC(C)=C2C(=O)OCC)ccc1OCc1cccc2ccccc12. The highest BCUT2D eigenvalue weighted by Gasteiger charge is 2.32. The third-order valence-electron chi connectivity index (χ3n) is 7.47. The largest absolute Gasteiger partial charge is 0.489 e. The third-order valence-corrected chi connectivity index (χ3v) is 7.69. The molecule has 47 heavy (non-hydrogen) atoms. The van der Waals surface area contributed by atoms with Gasteiger partial charge in [-0.3, -0.25) is 4.79 Å². The van der Waals surface area contributed by atoms with E-state index in [1.807, 2.05) is 48.5 Å². The summed E-state index contributed by atoms with van der Waals surface area (Å²) in [6, 6.07) is 26.7. The summed E-state index contributed by atoms with van der Waals surface area (Å²) in [6.45, 7) is 7.74. The number of hydrogen-bond acceptors (Lipinski definition) is 7. The van der Waals surface area contributed by atoms with E-state index in [9.17, 15) is 9.59 Å². The second kappa shape index (κ2) is 15.7. The van der Waals surface area contributed by atoms with Crippen molar-refractivity contribution >= 4 is 46.2 Å². The molecule has 0 fully saturated rings. The van der Waals surface area contributed by atoms with Gasteiger partial charge in [0.2, 0.25) is 0 Å². The zero-order valence-electron chi connectivity index (χ0n) is 26.2. The van der Waals surface area contributed by atoms with Crippen LogP contribution in [0.4, 0.5) is 0 Å². The highest BCUT2D eigenvalue weighted by atomic mass is 32.1. The molecule has 1 atom stereocenters. The van der Waals surface area contributed by atoms with Crippen LogP contribution in [0.15, 0.2) is 114 Å². The lowest BCUT2D eigenvalue weighted by Gasteiger charge is -2.30. The molecule has 1 aliphatic heterocycles. The number of rotatable bonds is 13. The zero-order chi connectivity index (χ0) is 33.2. The molecular weight excluding hydrogens is 612 g/mol. The number of fused-ring (bicyclic) bond motifs is 1. The summed E-state index contributed by atoms with van der Waals surface area (Å²) in [7, 11) is 0. The molecular formula is C37H36N4O5S. The molecule has 0 aliphatic carbocycles. The number of benzene rings is 4. The van der Waals surface area contributed by atoms with Crippen molar-refractivity contribution in [2.45, 2.75) is 32.9 Å². The van der Waals surface area contributed by atoms with E-state index < -0.39 is 17.9 Å². The van der Waals surface area contributed by atoms with Crippen molar-refractivity contribution in [2.75, 3.05) is 13.2 Å². The predicted octanol–water partition coefficient (Wildman–Crippen LogP) is 6.03. The summed E-state index contributed by atoms with van der Waals surface area (Å²) in [5.41, 5.74) is 6.95. The molecule has 0 saturated heterocycles. The molecule has 0 unspecified atom stereocenters. The Labute approximate surface area is 279 Å². The molecule has 5 rings (SSSR count). The Morgan fingerprint density at radius 1 is 0.979 bits per heavy atom. The molecule has 240 valence electrons. The summed E-state index contributed by atoms with van der Waals surface area (Å²) < 4.78 is 17.4. The Morgan fingerprint density at radius 2 is 1.77 bits per heavy atom. The van der Waals surface area contributed by atoms with Gasteiger partial charge in [0, 0.05) is 11.3 Å². The van der Waals surface area contributed by atoms with Crippen LogP contribution in [-0.4, -0.2) is 36.4 Å². The molecule has 3 N–H and O–H groups in total. The highest BCUT2D eigenvalue weighted by Crippen LogP contribution is 2.33. The molecule has 0 aromatic heterocycles. The molecule has 4 aromatic rings. The maximum Gasteiger partial charge on any atom is 0.338 e. The standard InChI is InChI=1S/C37H36N4O5S/c1-4-11-27-20-25(18-19-31(27)45-22-28-14-10-13-26-12-6-7-15-29(26)28)21-38-41-33(42)23-46-32-17-9-8-16-30(32)35-34(36(43)44-5-2)24(3)39-37(47)40-35/h4,6-10,12-21,35H,1,5,11,22-23H2,2-3H3,(H,41,42)(H2,39,40,47)/t35-/m1/s1. The number of carbonyl (C=O) groups is 2. The first-order valence-electron chi connectivity index (χ1n) is 15.2. The Morgan fingerprint density at radius 3 is 2.60 bits per heavy atom. The van der Waals surface area contributed by atoms with E-state index in [-0.39, 0.29) is 13.2 Å². The number of hydrogen-bond donors (Lipinski definition) is 3. The van der Waals surface area contributed by atoms with Gasteiger partial charge in [-0.05, 0) is 84.2 Å². The Balaban J connectivity index is 1.21. The predicted molar refractivity (Wildman–Crippen MR) is 187 cm³/mol. The van der Waals surface area contributed by atoms with Crippen molar-refractivity contribution in [1.29, 1.82) is 0 Å². The minimum Gasteiger partial charge on any atom is -0.489 e. The van der Waals surface area contributed by atoms with E-state index in [1.54, 1.807) is 38.3 Å². The number of nitrogens with one attached hydrogen (secondary N) is 3. The first kappa shape index (κ1) is 32.9. The molecule has 1 aliphatic rings. The lowest BCUT2D eigenvalue weighted by atomic mass is 9.95. The average Bonchev–Trinajstić information content (AvgIpc) is 3.07. The highest BCUT2D eigenvalue weighted by molar-refractivity contribution is 7.80. The maximum absolute atomic E-state index is 12.8. The normalized spacial score (nSPS) is 14.3. The van der Waals surface area contributed by atoms with Crippen LogP contribution in [0.2, 0.25) is 0 Å². The first-order chi connectivity index (χ1) is 22.9. The molecule has 0 bridgehead atoms. The van der Waals surface area contributed by atoms with Crippen LogP contribution in [-0.2, 0) is 27.4 Å². The molecule has 4 aromatic carbocycles. The Bertz CT molecular complexity index is 1860. The van der Waals surface area contributed by atoms with E-state index >= 15 is 0 Å². The second-order valence-corrected chi connectivity index (χ2v) is 11.1. The van der Waals surface area contributed by atoms with E-state index in [2.05, 4.69) is 52.0 Å². The topological polar surface area (TPSA) is 110 Å². The number of para-hydroxylation sites is 1. The number of carbonyl (C=O) groups excluding carboxylic acids is 2. The van der Waals surface area contributed by atoms with E-state index in [1.165, 1.54) is 5.39 Å². The van der Waals surface area contributed by atoms with Gasteiger partial charge < -0.3 is 24.8 Å². The van der Waals surface area contributed by atoms with Crippen LogP contribution in [0.25, 0.3) is 10.8 Å². The van der Waals surface area contributed by atoms with Crippen molar-refractivity contribution in [3.63, 3.8) is 0 Å². The molecule has 0 radical (unpaired) electrons. The number of ether oxygens (including phenoxy) is 3. The minimum absolute atomic E-state index is 0.227. The lowest BCUT2D eigenvalue weighted by molar-refractivity contribution is -0.139. The van der Waals surface area contributed by atoms with Gasteiger partial charge in [-0.1, -0.05) is 66.7 Å². The number of allylic oxidation sites excluding steroid dienone is 2. The number of hydrazone groups is 1. The van der Waals surface area contributed by atoms with Crippen LogP contribution >= 0.6 is 12.2 Å². The smallest absolute Gasteiger partial charge is 0.338 e. The fourth-order valence-corrected chi connectivity index (χ4v) is 5.59. The van der Waals surface area contributed by atoms with Crippen molar-refractivity contribution in [3.05, 3.63) is 131 Å². The number of nitrogens with zero attached hydrogens (tertiary/aromatic N) is 1. The fourth-order valence-electron chi connectivity index (χ4n) is 5.32. The van der Waals surface area contributed by atoms with Gasteiger partial charge in [-0.25, -0.2) is 10.2 Å². The minimum atomic E-state index is -0.621. The van der Waals surface area contributed by atoms with Gasteiger partial charge in [-0.15, -0.1) is 6.58 Å². The summed E-state index contributed by atoms with van der Waals surface area (Å²) in [5, 5.41) is 12.9. The molecule has 9 nitrogen and oxygen atoms in total. The van der Waals surface area contributed by atoms with E-state index in [0.29, 0.717) is 40.7 Å². The second-order valence-electron chi connectivity index (χ2n) is 10.7. The first-order valence-corrected chi connectivity index (χ1v) is 15.6. The quantitative estimate of drug-likeness (QED) is 0.0530. The summed E-state index contributed by atoms with van der Waals surface area (Å²) >= 11 is 5.34. The van der Waals surface area contributed by atoms with Crippen LogP contribution < -0.4 is 25.5 Å². The maximum atomic E-state index is 12.8. The van der Waals surface area contributed by atoms with Gasteiger partial charge in [0.15, 0.2) is 11.7 Å². The molecule has 1 amide bonds. The van der Waals surface area contributed by atoms with Gasteiger partial charge in [0.05, 0.1) is 24.4 Å². The van der Waals surface area contributed by atoms with Crippen molar-refractivity contribution < 1.29 is 23.8 Å². The van der Waals surface area contributed by atoms with Gasteiger partial charge in [0.1, 0.15) is 18.1 Å². The fraction of sp³-hybridized carbons (Fsp3) is 0.189. The number of esters is 1. The Hall–Kier alpha value is -5.48. The van der Waals surface area contributed by atoms with Crippen molar-refractivity contribution in [3.8, 4) is 11.5 Å². The van der Waals surface area contributed by atoms with E-state index in [0.717, 1.165) is 27.8 Å². The van der Waals surface area contributed by atoms with Crippen LogP contribution in [0.5, 0.6) is 11.5 Å². The monoisotopic (exact) mass is 648 g/mol. The van der Waals surface area contributed by atoms with Crippen LogP contribution in [0.1, 0.15) is 42.1 Å². The lowest BCUT2D eigenvalue weighted by Crippen LogP contribution is -2.45. The third kappa shape index (κ3) is 8.22. The summed E-state index contributed by atoms with van der Waals surface area (Å²) in [6.07, 6.45) is 3.99. The van der Waals surface area contributed by atoms with Crippen LogP contribution in [0.3, 0.4) is 0 Å². The zero-order valence-corrected chi connectivity index (χ0v) is 27.1. The van der Waals surface area contributed by atoms with Gasteiger partial charge >= 0.3 is 5.97 Å².